The number of rotatable bonds is 11. The summed E-state index contributed by atoms with van der Waals surface area (Å²) in [7, 11) is 1.13. The maximum Gasteiger partial charge on any atom is 0.339 e. The molecule has 0 bridgehead atoms. The number of ether oxygens (including phenoxy) is 6. The number of esters is 4. The van der Waals surface area contributed by atoms with Gasteiger partial charge >= 0.3 is 23.9 Å². The minimum atomic E-state index is -1.50. The van der Waals surface area contributed by atoms with Crippen LogP contribution in [0.25, 0.3) is 0 Å². The number of methoxy groups -OCH3 is 1. The number of carbonyl (C=O) groups excluding carboxylic acids is 4. The van der Waals surface area contributed by atoms with Gasteiger partial charge in [-0.05, 0) is 51.0 Å². The van der Waals surface area contributed by atoms with Crippen molar-refractivity contribution >= 4 is 23.9 Å². The Bertz CT molecular complexity index is 1190. The molecule has 2 rings (SSSR count). The van der Waals surface area contributed by atoms with E-state index in [9.17, 15) is 19.2 Å². The van der Waals surface area contributed by atoms with Gasteiger partial charge in [-0.25, -0.2) is 4.79 Å². The van der Waals surface area contributed by atoms with Crippen molar-refractivity contribution in [3.8, 4) is 0 Å². The Balaban J connectivity index is 2.18. The van der Waals surface area contributed by atoms with Crippen LogP contribution >= 0.6 is 0 Å². The zero-order valence-electron chi connectivity index (χ0n) is 26.8. The molecule has 10 heteroatoms. The summed E-state index contributed by atoms with van der Waals surface area (Å²) in [5.41, 5.74) is 5.02. The van der Waals surface area contributed by atoms with E-state index in [-0.39, 0.29) is 12.0 Å². The molecule has 1 fully saturated rings. The second kappa shape index (κ2) is 16.4. The lowest BCUT2D eigenvalue weighted by Gasteiger charge is -2.43. The summed E-state index contributed by atoms with van der Waals surface area (Å²) in [6.07, 6.45) is 8.56. The van der Waals surface area contributed by atoms with Crippen molar-refractivity contribution in [3.63, 3.8) is 0 Å². The molecule has 1 saturated heterocycles. The summed E-state index contributed by atoms with van der Waals surface area (Å²) >= 11 is 0. The zero-order chi connectivity index (χ0) is 32.3. The number of hydrogen-bond acceptors (Lipinski definition) is 10. The van der Waals surface area contributed by atoms with E-state index in [1.54, 1.807) is 6.08 Å². The first-order chi connectivity index (χ1) is 20.2. The van der Waals surface area contributed by atoms with Crippen LogP contribution in [0.5, 0.6) is 0 Å². The van der Waals surface area contributed by atoms with Gasteiger partial charge in [0.15, 0.2) is 30.7 Å². The second-order valence-corrected chi connectivity index (χ2v) is 11.5. The van der Waals surface area contributed by atoms with Gasteiger partial charge in [-0.2, -0.15) is 0 Å². The molecule has 10 nitrogen and oxygen atoms in total. The lowest BCUT2D eigenvalue weighted by Crippen LogP contribution is -2.63. The maximum absolute atomic E-state index is 12.5. The van der Waals surface area contributed by atoms with E-state index in [0.717, 1.165) is 45.4 Å². The van der Waals surface area contributed by atoms with Gasteiger partial charge in [-0.3, -0.25) is 14.4 Å². The zero-order valence-corrected chi connectivity index (χ0v) is 26.8. The number of allylic oxidation sites excluding steroid dienone is 9. The van der Waals surface area contributed by atoms with Gasteiger partial charge in [0, 0.05) is 20.8 Å². The van der Waals surface area contributed by atoms with Crippen LogP contribution in [0.4, 0.5) is 0 Å². The largest absolute Gasteiger partial charge is 0.467 e. The van der Waals surface area contributed by atoms with E-state index in [2.05, 4.69) is 32.9 Å². The summed E-state index contributed by atoms with van der Waals surface area (Å²) in [6.45, 7) is 14.1. The first-order valence-electron chi connectivity index (χ1n) is 14.4. The van der Waals surface area contributed by atoms with Crippen molar-refractivity contribution in [3.05, 3.63) is 58.7 Å². The van der Waals surface area contributed by atoms with Crippen LogP contribution in [0.3, 0.4) is 0 Å². The van der Waals surface area contributed by atoms with Crippen molar-refractivity contribution in [2.45, 2.75) is 105 Å². The fraction of sp³-hybridized carbons (Fsp3) is 0.576. The first-order valence-corrected chi connectivity index (χ1v) is 14.4. The highest BCUT2D eigenvalue weighted by Gasteiger charge is 2.55. The third-order valence-corrected chi connectivity index (χ3v) is 7.27. The summed E-state index contributed by atoms with van der Waals surface area (Å²) in [4.78, 5) is 48.2. The Morgan fingerprint density at radius 2 is 1.49 bits per heavy atom. The minimum Gasteiger partial charge on any atom is -0.467 e. The molecule has 0 aromatic carbocycles. The van der Waals surface area contributed by atoms with Crippen LogP contribution in [0.2, 0.25) is 0 Å². The molecule has 2 aliphatic rings. The predicted octanol–water partition coefficient (Wildman–Crippen LogP) is 5.23. The fourth-order valence-electron chi connectivity index (χ4n) is 5.19. The molecular formula is C33H46O10. The van der Waals surface area contributed by atoms with Crippen LogP contribution in [0.1, 0.15) is 74.7 Å². The van der Waals surface area contributed by atoms with Crippen molar-refractivity contribution in [2.24, 2.45) is 5.41 Å². The molecule has 1 heterocycles. The summed E-state index contributed by atoms with van der Waals surface area (Å²) in [5, 5.41) is 0. The molecule has 0 amide bonds. The van der Waals surface area contributed by atoms with Gasteiger partial charge in [0.25, 0.3) is 0 Å². The Morgan fingerprint density at radius 3 is 2.07 bits per heavy atom. The Hall–Kier alpha value is -3.50. The quantitative estimate of drug-likeness (QED) is 0.176. The van der Waals surface area contributed by atoms with Gasteiger partial charge < -0.3 is 28.4 Å². The molecule has 5 atom stereocenters. The van der Waals surface area contributed by atoms with Crippen molar-refractivity contribution < 1.29 is 47.6 Å². The van der Waals surface area contributed by atoms with Crippen LogP contribution in [0, 0.1) is 5.41 Å². The van der Waals surface area contributed by atoms with E-state index >= 15 is 0 Å². The van der Waals surface area contributed by atoms with Gasteiger partial charge in [0.1, 0.15) is 0 Å². The number of carbonyl (C=O) groups is 4. The van der Waals surface area contributed by atoms with E-state index in [0.29, 0.717) is 0 Å². The van der Waals surface area contributed by atoms with Crippen molar-refractivity contribution in [1.82, 2.24) is 0 Å². The van der Waals surface area contributed by atoms with Crippen LogP contribution < -0.4 is 0 Å². The molecule has 1 aliphatic heterocycles. The molecule has 0 unspecified atom stereocenters. The highest BCUT2D eigenvalue weighted by Crippen LogP contribution is 2.40. The second-order valence-electron chi connectivity index (χ2n) is 11.5. The molecule has 0 spiro atoms. The number of hydrogen-bond donors (Lipinski definition) is 0. The summed E-state index contributed by atoms with van der Waals surface area (Å²) < 4.78 is 32.4. The van der Waals surface area contributed by atoms with Gasteiger partial charge in [0.2, 0.25) is 0 Å². The minimum absolute atomic E-state index is 0.00261. The first kappa shape index (κ1) is 35.7. The highest BCUT2D eigenvalue weighted by molar-refractivity contribution is 5.77. The lowest BCUT2D eigenvalue weighted by atomic mass is 9.72. The average Bonchev–Trinajstić information content (AvgIpc) is 2.89. The SMILES string of the molecule is COC(=O)[C@H]1O[C@@H](OC/C=C(C)/C=C/C=C(C)/C=C/C2=C(C)CCCC2(C)C)[C@H](OC(C)=O)[C@@H](OC(C)=O)[C@@H]1OC(C)=O. The maximum atomic E-state index is 12.5. The molecule has 1 aliphatic carbocycles. The smallest absolute Gasteiger partial charge is 0.339 e. The predicted molar refractivity (Wildman–Crippen MR) is 159 cm³/mol. The fourth-order valence-corrected chi connectivity index (χ4v) is 5.19. The van der Waals surface area contributed by atoms with Crippen LogP contribution in [-0.2, 0) is 47.6 Å². The van der Waals surface area contributed by atoms with Crippen LogP contribution in [-0.4, -0.2) is 68.3 Å². The molecule has 0 aromatic heterocycles. The lowest BCUT2D eigenvalue weighted by molar-refractivity contribution is -0.299. The molecule has 43 heavy (non-hydrogen) atoms. The van der Waals surface area contributed by atoms with E-state index in [1.165, 1.54) is 24.0 Å². The molecule has 0 aromatic rings. The molecule has 0 saturated carbocycles. The van der Waals surface area contributed by atoms with E-state index in [1.807, 2.05) is 32.1 Å². The van der Waals surface area contributed by atoms with E-state index in [4.69, 9.17) is 28.4 Å². The molecule has 0 radical (unpaired) electrons. The third kappa shape index (κ3) is 10.9. The van der Waals surface area contributed by atoms with Crippen LogP contribution in [0.15, 0.2) is 58.7 Å². The van der Waals surface area contributed by atoms with Gasteiger partial charge in [-0.15, -0.1) is 0 Å². The van der Waals surface area contributed by atoms with Gasteiger partial charge in [-0.1, -0.05) is 67.0 Å². The standard InChI is InChI=1S/C33H46O10/c1-20(15-16-26-22(3)14-11-18-33(26,7)8)12-10-13-21(2)17-19-39-32-30(42-25(6)36)28(41-24(5)35)27(40-23(4)34)29(43-32)31(37)38-9/h10,12-13,15-17,27-30,32H,11,14,18-19H2,1-9H3/b13-10+,16-15+,20-12+,21-17+/t27-,28-,29-,30+,32+/m0/s1. The highest BCUT2D eigenvalue weighted by atomic mass is 16.7. The van der Waals surface area contributed by atoms with Crippen molar-refractivity contribution in [1.29, 1.82) is 0 Å². The Morgan fingerprint density at radius 1 is 0.884 bits per heavy atom. The molecular weight excluding hydrogens is 556 g/mol. The monoisotopic (exact) mass is 602 g/mol. The Kier molecular flexibility index (Phi) is 13.6. The summed E-state index contributed by atoms with van der Waals surface area (Å²) in [6, 6.07) is 0. The molecule has 0 N–H and O–H groups in total. The normalized spacial score (nSPS) is 26.4. The summed E-state index contributed by atoms with van der Waals surface area (Å²) in [5.74, 6) is -3.13. The topological polar surface area (TPSA) is 124 Å². The Labute approximate surface area is 254 Å². The van der Waals surface area contributed by atoms with E-state index < -0.39 is 54.6 Å². The third-order valence-electron chi connectivity index (χ3n) is 7.27. The molecule has 238 valence electrons. The average molecular weight is 603 g/mol. The van der Waals surface area contributed by atoms with Crippen molar-refractivity contribution in [2.75, 3.05) is 13.7 Å². The van der Waals surface area contributed by atoms with Gasteiger partial charge in [0.05, 0.1) is 13.7 Å².